The van der Waals surface area contributed by atoms with Crippen molar-refractivity contribution in [2.24, 2.45) is 0 Å². The first-order chi connectivity index (χ1) is 11.4. The van der Waals surface area contributed by atoms with Crippen LogP contribution in [0.2, 0.25) is 5.02 Å². The fourth-order valence-corrected chi connectivity index (χ4v) is 4.18. The summed E-state index contributed by atoms with van der Waals surface area (Å²) in [6.07, 6.45) is 3.14. The number of hydrogen-bond acceptors (Lipinski definition) is 4. The van der Waals surface area contributed by atoms with Crippen LogP contribution in [0.25, 0.3) is 0 Å². The second-order valence-electron chi connectivity index (χ2n) is 5.96. The topological polar surface area (TPSA) is 95.5 Å². The third-order valence-electron chi connectivity index (χ3n) is 3.67. The van der Waals surface area contributed by atoms with Gasteiger partial charge in [-0.1, -0.05) is 29.3 Å². The average molecular weight is 411 g/mol. The number of nitrogens with one attached hydrogen (secondary N) is 2. The van der Waals surface area contributed by atoms with Crippen LogP contribution in [0.5, 0.6) is 5.75 Å². The van der Waals surface area contributed by atoms with Gasteiger partial charge in [0.15, 0.2) is 5.75 Å². The molecule has 2 rings (SSSR count). The molecule has 1 aliphatic rings. The Morgan fingerprint density at radius 3 is 2.52 bits per heavy atom. The minimum absolute atomic E-state index is 0.220. The Morgan fingerprint density at radius 1 is 1.36 bits per heavy atom. The van der Waals surface area contributed by atoms with Gasteiger partial charge in [0.2, 0.25) is 14.8 Å². The highest BCUT2D eigenvalue weighted by Crippen LogP contribution is 2.41. The lowest BCUT2D eigenvalue weighted by atomic mass is 10.2. The third-order valence-corrected chi connectivity index (χ3v) is 6.75. The molecule has 3 N–H and O–H groups in total. The fraction of sp³-hybridized carbons (Fsp3) is 0.400. The molecule has 138 valence electrons. The smallest absolute Gasteiger partial charge is 0.319 e. The lowest BCUT2D eigenvalue weighted by Crippen LogP contribution is -2.37. The van der Waals surface area contributed by atoms with E-state index in [1.807, 2.05) is 0 Å². The van der Waals surface area contributed by atoms with E-state index in [1.165, 1.54) is 6.07 Å². The molecule has 0 saturated carbocycles. The van der Waals surface area contributed by atoms with Gasteiger partial charge < -0.3 is 15.7 Å². The zero-order chi connectivity index (χ0) is 19.0. The summed E-state index contributed by atoms with van der Waals surface area (Å²) >= 11 is 11.8. The molecule has 0 aliphatic heterocycles. The van der Waals surface area contributed by atoms with Crippen LogP contribution in [0.15, 0.2) is 28.1 Å². The summed E-state index contributed by atoms with van der Waals surface area (Å²) in [6, 6.07) is 1.31. The van der Waals surface area contributed by atoms with Gasteiger partial charge in [0.25, 0.3) is 0 Å². The Hall–Kier alpha value is -1.51. The lowest BCUT2D eigenvalue weighted by Gasteiger charge is -2.19. The van der Waals surface area contributed by atoms with Crippen LogP contribution < -0.4 is 10.6 Å². The summed E-state index contributed by atoms with van der Waals surface area (Å²) in [6.45, 7) is 1.67. The molecule has 1 aliphatic carbocycles. The number of alkyl halides is 1. The number of sulfone groups is 1. The predicted molar refractivity (Wildman–Crippen MR) is 94.6 cm³/mol. The number of carbonyl (C=O) groups is 1. The van der Waals surface area contributed by atoms with E-state index in [9.17, 15) is 22.7 Å². The zero-order valence-electron chi connectivity index (χ0n) is 13.4. The molecular weight excluding hydrogens is 394 g/mol. The molecule has 1 atom stereocenters. The number of anilines is 1. The van der Waals surface area contributed by atoms with Gasteiger partial charge in [-0.25, -0.2) is 17.6 Å². The number of allylic oxidation sites excluding steroid dienone is 1. The molecule has 0 fully saturated rings. The quantitative estimate of drug-likeness (QED) is 0.655. The minimum atomic E-state index is -4.58. The van der Waals surface area contributed by atoms with Gasteiger partial charge >= 0.3 is 6.03 Å². The van der Waals surface area contributed by atoms with Crippen LogP contribution in [0, 0.1) is 0 Å². The molecule has 1 aromatic carbocycles. The van der Waals surface area contributed by atoms with Crippen molar-refractivity contribution >= 4 is 44.8 Å². The molecule has 0 spiro atoms. The van der Waals surface area contributed by atoms with Gasteiger partial charge in [0.1, 0.15) is 4.90 Å². The molecule has 25 heavy (non-hydrogen) atoms. The first-order valence-corrected chi connectivity index (χ1v) is 9.57. The SMILES string of the molecule is CC(C)(F)S(=O)(=O)c1c(Cl)ccc(NC(=O)NC2CCC=C2Cl)c1O. The summed E-state index contributed by atoms with van der Waals surface area (Å²) < 4.78 is 38.6. The number of carbonyl (C=O) groups excluding carboxylic acids is 1. The summed E-state index contributed by atoms with van der Waals surface area (Å²) in [5, 5.41) is 12.6. The summed E-state index contributed by atoms with van der Waals surface area (Å²) in [7, 11) is -4.58. The lowest BCUT2D eigenvalue weighted by molar-refractivity contribution is 0.250. The number of phenolic OH excluding ortho intramolecular Hbond substituents is 1. The van der Waals surface area contributed by atoms with E-state index in [0.29, 0.717) is 11.5 Å². The normalized spacial score (nSPS) is 18.0. The number of phenols is 1. The van der Waals surface area contributed by atoms with Crippen LogP contribution in [0.4, 0.5) is 14.9 Å². The Kier molecular flexibility index (Phi) is 5.56. The molecular formula is C15H17Cl2FN2O4S. The summed E-state index contributed by atoms with van der Waals surface area (Å²) in [4.78, 5) is 11.3. The minimum Gasteiger partial charge on any atom is -0.504 e. The monoisotopic (exact) mass is 410 g/mol. The number of aromatic hydroxyl groups is 1. The number of amides is 2. The van der Waals surface area contributed by atoms with Crippen LogP contribution >= 0.6 is 23.2 Å². The Bertz CT molecular complexity index is 835. The molecule has 10 heteroatoms. The molecule has 0 radical (unpaired) electrons. The molecule has 2 amide bonds. The number of benzene rings is 1. The molecule has 1 aromatic rings. The van der Waals surface area contributed by atoms with Gasteiger partial charge in [-0.2, -0.15) is 0 Å². The largest absolute Gasteiger partial charge is 0.504 e. The maximum atomic E-state index is 14.0. The molecule has 0 bridgehead atoms. The second-order valence-corrected chi connectivity index (χ2v) is 9.19. The van der Waals surface area contributed by atoms with Crippen LogP contribution in [0.3, 0.4) is 0 Å². The van der Waals surface area contributed by atoms with Crippen molar-refractivity contribution in [2.45, 2.75) is 42.6 Å². The molecule has 0 saturated heterocycles. The van der Waals surface area contributed by atoms with E-state index < -0.39 is 31.5 Å². The van der Waals surface area contributed by atoms with Crippen molar-refractivity contribution in [2.75, 3.05) is 5.32 Å². The van der Waals surface area contributed by atoms with Crippen LogP contribution in [0.1, 0.15) is 26.7 Å². The number of halogens is 3. The van der Waals surface area contributed by atoms with Gasteiger partial charge in [0, 0.05) is 5.03 Å². The number of hydrogen-bond donors (Lipinski definition) is 3. The third kappa shape index (κ3) is 4.02. The van der Waals surface area contributed by atoms with Gasteiger partial charge in [-0.05, 0) is 38.8 Å². The number of rotatable bonds is 4. The molecule has 0 aromatic heterocycles. The summed E-state index contributed by atoms with van der Waals surface area (Å²) in [5.74, 6) is -0.832. The van der Waals surface area contributed by atoms with Gasteiger partial charge in [-0.15, -0.1) is 0 Å². The Balaban J connectivity index is 2.30. The summed E-state index contributed by atoms with van der Waals surface area (Å²) in [5.41, 5.74) is -0.220. The fourth-order valence-electron chi connectivity index (χ4n) is 2.27. The highest BCUT2D eigenvalue weighted by molar-refractivity contribution is 7.92. The van der Waals surface area contributed by atoms with Crippen molar-refractivity contribution in [3.63, 3.8) is 0 Å². The van der Waals surface area contributed by atoms with Crippen molar-refractivity contribution in [1.29, 1.82) is 0 Å². The Morgan fingerprint density at radius 2 is 2.00 bits per heavy atom. The maximum absolute atomic E-state index is 14.0. The predicted octanol–water partition coefficient (Wildman–Crippen LogP) is 3.93. The standard InChI is InChI=1S/C15H17Cl2FN2O4S/c1-15(2,18)25(23,24)13-9(17)6-7-11(12(13)21)20-14(22)19-10-5-3-4-8(10)16/h4,6-7,10,21H,3,5H2,1-2H3,(H2,19,20,22). The second kappa shape index (κ2) is 7.01. The van der Waals surface area contributed by atoms with Crippen molar-refractivity contribution in [1.82, 2.24) is 5.32 Å². The number of urea groups is 1. The van der Waals surface area contributed by atoms with E-state index in [-0.39, 0.29) is 16.8 Å². The zero-order valence-corrected chi connectivity index (χ0v) is 15.8. The van der Waals surface area contributed by atoms with Gasteiger partial charge in [-0.3, -0.25) is 0 Å². The Labute approximate surface area is 154 Å². The van der Waals surface area contributed by atoms with E-state index in [2.05, 4.69) is 10.6 Å². The maximum Gasteiger partial charge on any atom is 0.319 e. The first-order valence-electron chi connectivity index (χ1n) is 7.33. The van der Waals surface area contributed by atoms with E-state index in [1.54, 1.807) is 6.08 Å². The van der Waals surface area contributed by atoms with Crippen molar-refractivity contribution in [3.8, 4) is 5.75 Å². The highest BCUT2D eigenvalue weighted by atomic mass is 35.5. The van der Waals surface area contributed by atoms with Crippen molar-refractivity contribution < 1.29 is 22.7 Å². The van der Waals surface area contributed by atoms with E-state index >= 15 is 0 Å². The molecule has 6 nitrogen and oxygen atoms in total. The highest BCUT2D eigenvalue weighted by Gasteiger charge is 2.40. The molecule has 1 unspecified atom stereocenters. The van der Waals surface area contributed by atoms with Crippen LogP contribution in [-0.4, -0.2) is 30.6 Å². The van der Waals surface area contributed by atoms with E-state index in [4.69, 9.17) is 23.2 Å². The van der Waals surface area contributed by atoms with Crippen molar-refractivity contribution in [3.05, 3.63) is 28.3 Å². The molecule has 0 heterocycles. The van der Waals surface area contributed by atoms with E-state index in [0.717, 1.165) is 26.3 Å². The van der Waals surface area contributed by atoms with Crippen LogP contribution in [-0.2, 0) is 9.84 Å². The van der Waals surface area contributed by atoms with Gasteiger partial charge in [0.05, 0.1) is 16.8 Å². The average Bonchev–Trinajstić information content (AvgIpc) is 2.86. The first kappa shape index (κ1) is 19.8.